The van der Waals surface area contributed by atoms with Gasteiger partial charge in [0.05, 0.1) is 14.2 Å². The molecule has 1 N–H and O–H groups in total. The number of nitrogens with zero attached hydrogens (tertiary/aromatic N) is 3. The lowest BCUT2D eigenvalue weighted by Gasteiger charge is -2.23. The van der Waals surface area contributed by atoms with Crippen LogP contribution in [0.3, 0.4) is 0 Å². The minimum absolute atomic E-state index is 0.583. The second kappa shape index (κ2) is 9.11. The fourth-order valence-electron chi connectivity index (χ4n) is 2.69. The first-order valence-corrected chi connectivity index (χ1v) is 8.70. The summed E-state index contributed by atoms with van der Waals surface area (Å²) >= 11 is 0. The van der Waals surface area contributed by atoms with Crippen LogP contribution < -0.4 is 19.7 Å². The van der Waals surface area contributed by atoms with Crippen molar-refractivity contribution in [3.05, 3.63) is 30.0 Å². The molecule has 0 saturated heterocycles. The fourth-order valence-corrected chi connectivity index (χ4v) is 2.69. The molecule has 0 amide bonds. The molecule has 0 fully saturated rings. The molecule has 0 bridgehead atoms. The van der Waals surface area contributed by atoms with Crippen molar-refractivity contribution in [1.29, 1.82) is 0 Å². The zero-order chi connectivity index (χ0) is 18.2. The van der Waals surface area contributed by atoms with Crippen LogP contribution in [0.25, 0.3) is 0 Å². The van der Waals surface area contributed by atoms with Crippen LogP contribution in [-0.4, -0.2) is 37.3 Å². The van der Waals surface area contributed by atoms with E-state index in [0.29, 0.717) is 17.4 Å². The number of methoxy groups -OCH3 is 2. The standard InChI is InChI=1S/C19H28N4O2/c1-6-10-23(11-7-2)18-12-14(3)20-19(22-18)21-15-8-9-16(24-4)17(13-15)25-5/h8-9,12-13H,6-7,10-11H2,1-5H3,(H,20,21,22). The van der Waals surface area contributed by atoms with Gasteiger partial charge in [-0.2, -0.15) is 4.98 Å². The number of hydrogen-bond donors (Lipinski definition) is 1. The quantitative estimate of drug-likeness (QED) is 0.737. The van der Waals surface area contributed by atoms with Crippen LogP contribution in [0.4, 0.5) is 17.5 Å². The molecular weight excluding hydrogens is 316 g/mol. The summed E-state index contributed by atoms with van der Waals surface area (Å²) < 4.78 is 10.6. The molecule has 6 nitrogen and oxygen atoms in total. The van der Waals surface area contributed by atoms with Gasteiger partial charge in [0.25, 0.3) is 0 Å². The Kier molecular flexibility index (Phi) is 6.86. The molecule has 0 unspecified atom stereocenters. The minimum Gasteiger partial charge on any atom is -0.493 e. The maximum absolute atomic E-state index is 5.35. The van der Waals surface area contributed by atoms with Crippen molar-refractivity contribution in [3.8, 4) is 11.5 Å². The van der Waals surface area contributed by atoms with Crippen LogP contribution in [0, 0.1) is 6.92 Å². The van der Waals surface area contributed by atoms with E-state index in [0.717, 1.165) is 43.1 Å². The molecule has 6 heteroatoms. The number of hydrogen-bond acceptors (Lipinski definition) is 6. The summed E-state index contributed by atoms with van der Waals surface area (Å²) in [7, 11) is 3.24. The first-order valence-electron chi connectivity index (χ1n) is 8.70. The predicted molar refractivity (Wildman–Crippen MR) is 102 cm³/mol. The molecule has 0 saturated carbocycles. The maximum Gasteiger partial charge on any atom is 0.229 e. The number of nitrogens with one attached hydrogen (secondary N) is 1. The summed E-state index contributed by atoms with van der Waals surface area (Å²) in [5.74, 6) is 2.90. The lowest BCUT2D eigenvalue weighted by molar-refractivity contribution is 0.355. The van der Waals surface area contributed by atoms with Crippen molar-refractivity contribution in [2.75, 3.05) is 37.5 Å². The highest BCUT2D eigenvalue weighted by Crippen LogP contribution is 2.30. The molecule has 1 aromatic carbocycles. The third kappa shape index (κ3) is 4.98. The van der Waals surface area contributed by atoms with Gasteiger partial charge >= 0.3 is 0 Å². The largest absolute Gasteiger partial charge is 0.493 e. The number of rotatable bonds is 9. The van der Waals surface area contributed by atoms with Crippen molar-refractivity contribution >= 4 is 17.5 Å². The summed E-state index contributed by atoms with van der Waals surface area (Å²) in [6.45, 7) is 8.32. The number of benzene rings is 1. The van der Waals surface area contributed by atoms with Gasteiger partial charge in [-0.3, -0.25) is 0 Å². The third-order valence-corrected chi connectivity index (χ3v) is 3.79. The van der Waals surface area contributed by atoms with Gasteiger partial charge in [0.15, 0.2) is 11.5 Å². The molecule has 0 spiro atoms. The molecule has 0 aliphatic rings. The van der Waals surface area contributed by atoms with Gasteiger partial charge in [0, 0.05) is 36.6 Å². The SMILES string of the molecule is CCCN(CCC)c1cc(C)nc(Nc2ccc(OC)c(OC)c2)n1. The van der Waals surface area contributed by atoms with Gasteiger partial charge in [-0.1, -0.05) is 13.8 Å². The monoisotopic (exact) mass is 344 g/mol. The molecule has 0 aliphatic carbocycles. The van der Waals surface area contributed by atoms with Crippen LogP contribution in [0.15, 0.2) is 24.3 Å². The number of aryl methyl sites for hydroxylation is 1. The highest BCUT2D eigenvalue weighted by Gasteiger charge is 2.11. The van der Waals surface area contributed by atoms with Gasteiger partial charge < -0.3 is 19.7 Å². The van der Waals surface area contributed by atoms with Gasteiger partial charge in [0.2, 0.25) is 5.95 Å². The van der Waals surface area contributed by atoms with E-state index in [1.165, 1.54) is 0 Å². The lowest BCUT2D eigenvalue weighted by atomic mass is 10.2. The predicted octanol–water partition coefficient (Wildman–Crippen LogP) is 4.17. The highest BCUT2D eigenvalue weighted by molar-refractivity contribution is 5.61. The molecule has 2 aromatic rings. The molecule has 136 valence electrons. The molecule has 2 rings (SSSR count). The second-order valence-electron chi connectivity index (χ2n) is 5.87. The van der Waals surface area contributed by atoms with Crippen LogP contribution in [0.2, 0.25) is 0 Å². The Morgan fingerprint density at radius 3 is 2.24 bits per heavy atom. The Morgan fingerprint density at radius 1 is 0.960 bits per heavy atom. The van der Waals surface area contributed by atoms with Gasteiger partial charge in [-0.15, -0.1) is 0 Å². The summed E-state index contributed by atoms with van der Waals surface area (Å²) in [6, 6.07) is 7.69. The van der Waals surface area contributed by atoms with E-state index in [4.69, 9.17) is 14.5 Å². The van der Waals surface area contributed by atoms with E-state index in [9.17, 15) is 0 Å². The van der Waals surface area contributed by atoms with Crippen molar-refractivity contribution in [2.24, 2.45) is 0 Å². The van der Waals surface area contributed by atoms with Gasteiger partial charge in [-0.05, 0) is 31.9 Å². The number of aromatic nitrogens is 2. The van der Waals surface area contributed by atoms with Crippen LogP contribution >= 0.6 is 0 Å². The Hall–Kier alpha value is -2.50. The Bertz CT molecular complexity index is 685. The van der Waals surface area contributed by atoms with Crippen molar-refractivity contribution < 1.29 is 9.47 Å². The average molecular weight is 344 g/mol. The molecule has 0 aliphatic heterocycles. The Balaban J connectivity index is 2.27. The fraction of sp³-hybridized carbons (Fsp3) is 0.474. The molecule has 25 heavy (non-hydrogen) atoms. The van der Waals surface area contributed by atoms with Crippen molar-refractivity contribution in [3.63, 3.8) is 0 Å². The van der Waals surface area contributed by atoms with Crippen molar-refractivity contribution in [1.82, 2.24) is 9.97 Å². The topological polar surface area (TPSA) is 59.5 Å². The molecule has 0 atom stereocenters. The van der Waals surface area contributed by atoms with E-state index in [1.54, 1.807) is 14.2 Å². The molecule has 0 radical (unpaired) electrons. The average Bonchev–Trinajstić information content (AvgIpc) is 2.61. The number of ether oxygens (including phenoxy) is 2. The smallest absolute Gasteiger partial charge is 0.229 e. The van der Waals surface area contributed by atoms with Crippen molar-refractivity contribution in [2.45, 2.75) is 33.6 Å². The molecule has 1 aromatic heterocycles. The maximum atomic E-state index is 5.35. The summed E-state index contributed by atoms with van der Waals surface area (Å²) in [5, 5.41) is 3.27. The first-order chi connectivity index (χ1) is 12.1. The molecular formula is C19H28N4O2. The first kappa shape index (κ1) is 18.8. The number of anilines is 3. The van der Waals surface area contributed by atoms with E-state index in [1.807, 2.05) is 31.2 Å². The Labute approximate surface area is 150 Å². The van der Waals surface area contributed by atoms with E-state index < -0.39 is 0 Å². The van der Waals surface area contributed by atoms with Gasteiger partial charge in [0.1, 0.15) is 5.82 Å². The van der Waals surface area contributed by atoms with E-state index in [-0.39, 0.29) is 0 Å². The van der Waals surface area contributed by atoms with Crippen LogP contribution in [-0.2, 0) is 0 Å². The lowest BCUT2D eigenvalue weighted by Crippen LogP contribution is -2.26. The van der Waals surface area contributed by atoms with Gasteiger partial charge in [-0.25, -0.2) is 4.98 Å². The van der Waals surface area contributed by atoms with E-state index >= 15 is 0 Å². The summed E-state index contributed by atoms with van der Waals surface area (Å²) in [4.78, 5) is 11.5. The van der Waals surface area contributed by atoms with E-state index in [2.05, 4.69) is 29.0 Å². The van der Waals surface area contributed by atoms with Crippen LogP contribution in [0.5, 0.6) is 11.5 Å². The second-order valence-corrected chi connectivity index (χ2v) is 5.87. The minimum atomic E-state index is 0.583. The zero-order valence-electron chi connectivity index (χ0n) is 15.8. The summed E-state index contributed by atoms with van der Waals surface area (Å²) in [6.07, 6.45) is 2.17. The normalized spacial score (nSPS) is 10.4. The zero-order valence-corrected chi connectivity index (χ0v) is 15.8. The molecule has 1 heterocycles. The third-order valence-electron chi connectivity index (χ3n) is 3.79. The highest BCUT2D eigenvalue weighted by atomic mass is 16.5. The summed E-state index contributed by atoms with van der Waals surface area (Å²) in [5.41, 5.74) is 1.79. The Morgan fingerprint density at radius 2 is 1.64 bits per heavy atom. The van der Waals surface area contributed by atoms with Crippen LogP contribution in [0.1, 0.15) is 32.4 Å².